The Bertz CT molecular complexity index is 690. The number of nitrogens with one attached hydrogen (secondary N) is 1. The molecule has 0 aromatic heterocycles. The number of rotatable bonds is 4. The zero-order chi connectivity index (χ0) is 17.2. The average Bonchev–Trinajstić information content (AvgIpc) is 3.19. The Morgan fingerprint density at radius 1 is 1.12 bits per heavy atom. The minimum atomic E-state index is -0.676. The molecule has 0 atom stereocenters. The van der Waals surface area contributed by atoms with Crippen molar-refractivity contribution < 1.29 is 28.5 Å². The number of hydrogen-bond donors (Lipinski definition) is 1. The van der Waals surface area contributed by atoms with Gasteiger partial charge in [0.25, 0.3) is 5.79 Å². The van der Waals surface area contributed by atoms with Crippen LogP contribution in [-0.2, 0) is 19.1 Å². The standard InChI is InChI=1S/C17H19NO6/c1-21-15(19)10-12(16(20)22-2)18-11-5-6-13-14(9-11)24-17(23-13)7-3-4-8-17/h5-6,9-10,18H,3-4,7-8H2,1-2H3/b12-10+. The quantitative estimate of drug-likeness (QED) is 0.669. The number of carbonyl (C=O) groups is 2. The maximum Gasteiger partial charge on any atom is 0.354 e. The summed E-state index contributed by atoms with van der Waals surface area (Å²) in [6, 6.07) is 5.25. The minimum absolute atomic E-state index is 0.0289. The maximum atomic E-state index is 11.8. The fraction of sp³-hybridized carbons (Fsp3) is 0.412. The highest BCUT2D eigenvalue weighted by atomic mass is 16.7. The summed E-state index contributed by atoms with van der Waals surface area (Å²) in [4.78, 5) is 23.2. The molecule has 1 aliphatic heterocycles. The van der Waals surface area contributed by atoms with Crippen molar-refractivity contribution in [3.05, 3.63) is 30.0 Å². The average molecular weight is 333 g/mol. The fourth-order valence-corrected chi connectivity index (χ4v) is 2.88. The van der Waals surface area contributed by atoms with Crippen molar-refractivity contribution in [2.75, 3.05) is 19.5 Å². The van der Waals surface area contributed by atoms with Gasteiger partial charge in [0.15, 0.2) is 11.5 Å². The molecule has 1 fully saturated rings. The van der Waals surface area contributed by atoms with Crippen LogP contribution >= 0.6 is 0 Å². The van der Waals surface area contributed by atoms with Gasteiger partial charge in [0.05, 0.1) is 20.3 Å². The lowest BCUT2D eigenvalue weighted by atomic mass is 10.2. The van der Waals surface area contributed by atoms with Crippen LogP contribution < -0.4 is 14.8 Å². The van der Waals surface area contributed by atoms with E-state index in [-0.39, 0.29) is 5.70 Å². The number of benzene rings is 1. The monoisotopic (exact) mass is 333 g/mol. The molecule has 1 heterocycles. The van der Waals surface area contributed by atoms with E-state index >= 15 is 0 Å². The molecule has 0 unspecified atom stereocenters. The molecule has 1 saturated carbocycles. The van der Waals surface area contributed by atoms with Gasteiger partial charge >= 0.3 is 11.9 Å². The third-order valence-corrected chi connectivity index (χ3v) is 4.05. The van der Waals surface area contributed by atoms with Crippen LogP contribution in [0.1, 0.15) is 25.7 Å². The molecule has 0 radical (unpaired) electrons. The lowest BCUT2D eigenvalue weighted by molar-refractivity contribution is -0.138. The summed E-state index contributed by atoms with van der Waals surface area (Å²) in [5.74, 6) is -0.587. The first-order valence-electron chi connectivity index (χ1n) is 7.72. The lowest BCUT2D eigenvalue weighted by Gasteiger charge is -2.21. The van der Waals surface area contributed by atoms with Crippen molar-refractivity contribution in [3.63, 3.8) is 0 Å². The number of anilines is 1. The molecule has 1 aliphatic carbocycles. The molecule has 0 bridgehead atoms. The zero-order valence-corrected chi connectivity index (χ0v) is 13.6. The smallest absolute Gasteiger partial charge is 0.354 e. The Kier molecular flexibility index (Phi) is 4.33. The van der Waals surface area contributed by atoms with E-state index in [4.69, 9.17) is 9.47 Å². The van der Waals surface area contributed by atoms with E-state index in [1.165, 1.54) is 14.2 Å². The zero-order valence-electron chi connectivity index (χ0n) is 13.6. The van der Waals surface area contributed by atoms with Crippen molar-refractivity contribution in [1.82, 2.24) is 0 Å². The van der Waals surface area contributed by atoms with Crippen LogP contribution in [0, 0.1) is 0 Å². The second-order valence-electron chi connectivity index (χ2n) is 5.68. The molecule has 0 saturated heterocycles. The molecule has 128 valence electrons. The Morgan fingerprint density at radius 2 is 1.83 bits per heavy atom. The van der Waals surface area contributed by atoms with Gasteiger partial charge in [-0.3, -0.25) is 0 Å². The summed E-state index contributed by atoms with van der Waals surface area (Å²) in [7, 11) is 2.47. The molecule has 7 heteroatoms. The van der Waals surface area contributed by atoms with Gasteiger partial charge in [0.2, 0.25) is 0 Å². The number of esters is 2. The van der Waals surface area contributed by atoms with E-state index in [0.717, 1.165) is 31.8 Å². The van der Waals surface area contributed by atoms with Crippen molar-refractivity contribution in [2.24, 2.45) is 0 Å². The minimum Gasteiger partial charge on any atom is -0.466 e. The highest BCUT2D eigenvalue weighted by Gasteiger charge is 2.44. The van der Waals surface area contributed by atoms with Gasteiger partial charge in [0.1, 0.15) is 5.70 Å². The van der Waals surface area contributed by atoms with Crippen LogP contribution in [0.4, 0.5) is 5.69 Å². The SMILES string of the molecule is COC(=O)/C=C(/Nc1ccc2c(c1)OC1(CCCC1)O2)C(=O)OC. The predicted octanol–water partition coefficient (Wildman–Crippen LogP) is 2.37. The first kappa shape index (κ1) is 16.2. The van der Waals surface area contributed by atoms with Crippen LogP contribution in [-0.4, -0.2) is 31.9 Å². The summed E-state index contributed by atoms with van der Waals surface area (Å²) in [6.07, 6.45) is 4.91. The van der Waals surface area contributed by atoms with Crippen LogP contribution in [0.15, 0.2) is 30.0 Å². The van der Waals surface area contributed by atoms with E-state index in [1.807, 2.05) is 0 Å². The molecular formula is C17H19NO6. The number of fused-ring (bicyclic) bond motifs is 1. The lowest BCUT2D eigenvalue weighted by Crippen LogP contribution is -2.34. The molecular weight excluding hydrogens is 314 g/mol. The fourth-order valence-electron chi connectivity index (χ4n) is 2.88. The molecule has 1 aromatic carbocycles. The Morgan fingerprint density at radius 3 is 2.50 bits per heavy atom. The van der Waals surface area contributed by atoms with Gasteiger partial charge in [-0.05, 0) is 25.0 Å². The molecule has 1 aromatic rings. The second kappa shape index (κ2) is 6.43. The van der Waals surface area contributed by atoms with Crippen LogP contribution in [0.25, 0.3) is 0 Å². The highest BCUT2D eigenvalue weighted by Crippen LogP contribution is 2.47. The van der Waals surface area contributed by atoms with Gasteiger partial charge in [-0.25, -0.2) is 9.59 Å². The molecule has 7 nitrogen and oxygen atoms in total. The third-order valence-electron chi connectivity index (χ3n) is 4.05. The first-order chi connectivity index (χ1) is 11.5. The van der Waals surface area contributed by atoms with Gasteiger partial charge in [-0.1, -0.05) is 0 Å². The van der Waals surface area contributed by atoms with E-state index in [9.17, 15) is 9.59 Å². The van der Waals surface area contributed by atoms with Crippen molar-refractivity contribution in [1.29, 1.82) is 0 Å². The molecule has 0 amide bonds. The third kappa shape index (κ3) is 3.15. The van der Waals surface area contributed by atoms with Crippen LogP contribution in [0.2, 0.25) is 0 Å². The summed E-state index contributed by atoms with van der Waals surface area (Å²) in [5.41, 5.74) is 0.548. The number of methoxy groups -OCH3 is 2. The number of carbonyl (C=O) groups excluding carboxylic acids is 2. The molecule has 3 rings (SSSR count). The van der Waals surface area contributed by atoms with E-state index in [2.05, 4.69) is 14.8 Å². The van der Waals surface area contributed by atoms with Gasteiger partial charge in [-0.2, -0.15) is 0 Å². The van der Waals surface area contributed by atoms with Crippen molar-refractivity contribution in [3.8, 4) is 11.5 Å². The predicted molar refractivity (Wildman–Crippen MR) is 84.6 cm³/mol. The van der Waals surface area contributed by atoms with Gasteiger partial charge < -0.3 is 24.3 Å². The maximum absolute atomic E-state index is 11.8. The van der Waals surface area contributed by atoms with Crippen molar-refractivity contribution >= 4 is 17.6 Å². The first-order valence-corrected chi connectivity index (χ1v) is 7.72. The summed E-state index contributed by atoms with van der Waals surface area (Å²) >= 11 is 0. The highest BCUT2D eigenvalue weighted by molar-refractivity contribution is 5.98. The Labute approximate surface area is 139 Å². The van der Waals surface area contributed by atoms with Gasteiger partial charge in [-0.15, -0.1) is 0 Å². The summed E-state index contributed by atoms with van der Waals surface area (Å²) in [5, 5.41) is 2.85. The second-order valence-corrected chi connectivity index (χ2v) is 5.68. The molecule has 24 heavy (non-hydrogen) atoms. The summed E-state index contributed by atoms with van der Waals surface area (Å²) < 4.78 is 21.1. The van der Waals surface area contributed by atoms with Crippen LogP contribution in [0.3, 0.4) is 0 Å². The van der Waals surface area contributed by atoms with E-state index in [0.29, 0.717) is 17.2 Å². The number of ether oxygens (including phenoxy) is 4. The van der Waals surface area contributed by atoms with E-state index in [1.54, 1.807) is 18.2 Å². The van der Waals surface area contributed by atoms with Gasteiger partial charge in [0, 0.05) is 24.6 Å². The largest absolute Gasteiger partial charge is 0.466 e. The van der Waals surface area contributed by atoms with Crippen molar-refractivity contribution in [2.45, 2.75) is 31.5 Å². The summed E-state index contributed by atoms with van der Waals surface area (Å²) in [6.45, 7) is 0. The van der Waals surface area contributed by atoms with E-state index < -0.39 is 17.7 Å². The Hall–Kier alpha value is -2.70. The topological polar surface area (TPSA) is 83.1 Å². The molecule has 1 N–H and O–H groups in total. The number of hydrogen-bond acceptors (Lipinski definition) is 7. The molecule has 2 aliphatic rings. The Balaban J connectivity index is 1.80. The molecule has 1 spiro atoms. The van der Waals surface area contributed by atoms with Crippen LogP contribution in [0.5, 0.6) is 11.5 Å². The normalized spacial score (nSPS) is 17.7.